The van der Waals surface area contributed by atoms with Crippen LogP contribution in [0, 0.1) is 4.77 Å². The summed E-state index contributed by atoms with van der Waals surface area (Å²) in [5.41, 5.74) is 0.823. The van der Waals surface area contributed by atoms with Gasteiger partial charge >= 0.3 is 0 Å². The summed E-state index contributed by atoms with van der Waals surface area (Å²) in [4.78, 5) is 18.0. The van der Waals surface area contributed by atoms with Crippen LogP contribution < -0.4 is 5.56 Å². The van der Waals surface area contributed by atoms with Gasteiger partial charge in [0.2, 0.25) is 0 Å². The number of para-hydroxylation sites is 1. The average Bonchev–Trinajstić information content (AvgIpc) is 2.48. The summed E-state index contributed by atoms with van der Waals surface area (Å²) in [5, 5.41) is 0.704. The van der Waals surface area contributed by atoms with E-state index in [0.717, 1.165) is 25.2 Å². The van der Waals surface area contributed by atoms with E-state index in [2.05, 4.69) is 9.88 Å². The van der Waals surface area contributed by atoms with Gasteiger partial charge in [0.25, 0.3) is 5.56 Å². The van der Waals surface area contributed by atoms with E-state index in [1.807, 2.05) is 36.0 Å². The lowest BCUT2D eigenvalue weighted by molar-refractivity contribution is 0.287. The van der Waals surface area contributed by atoms with E-state index in [4.69, 9.17) is 12.2 Å². The number of aromatic nitrogens is 2. The fraction of sp³-hybridized carbons (Fsp3) is 0.429. The molecule has 1 N–H and O–H groups in total. The number of hydrogen-bond acceptors (Lipinski definition) is 4. The maximum absolute atomic E-state index is 12.5. The number of rotatable bonds is 3. The molecule has 0 unspecified atom stereocenters. The van der Waals surface area contributed by atoms with Crippen LogP contribution in [0.4, 0.5) is 0 Å². The molecule has 0 aliphatic carbocycles. The van der Waals surface area contributed by atoms with Crippen LogP contribution in [0.2, 0.25) is 0 Å². The summed E-state index contributed by atoms with van der Waals surface area (Å²) < 4.78 is 2.19. The van der Waals surface area contributed by atoms with Crippen molar-refractivity contribution in [3.8, 4) is 0 Å². The number of hydrogen-bond donors (Lipinski definition) is 1. The fourth-order valence-electron chi connectivity index (χ4n) is 2.47. The molecule has 4 nitrogen and oxygen atoms in total. The van der Waals surface area contributed by atoms with Crippen molar-refractivity contribution < 1.29 is 0 Å². The molecule has 1 saturated heterocycles. The molecule has 1 aliphatic heterocycles. The summed E-state index contributed by atoms with van der Waals surface area (Å²) in [6.45, 7) is 3.74. The van der Waals surface area contributed by atoms with Crippen LogP contribution in [-0.4, -0.2) is 45.6 Å². The Kier molecular flexibility index (Phi) is 4.24. The molecule has 1 aliphatic rings. The molecule has 0 radical (unpaired) electrons. The van der Waals surface area contributed by atoms with E-state index in [1.54, 1.807) is 4.57 Å². The molecular formula is C14H17N3OS2. The Balaban J connectivity index is 1.87. The van der Waals surface area contributed by atoms with Gasteiger partial charge in [-0.3, -0.25) is 14.3 Å². The van der Waals surface area contributed by atoms with E-state index in [0.29, 0.717) is 16.7 Å². The Morgan fingerprint density at radius 1 is 1.20 bits per heavy atom. The predicted octanol–water partition coefficient (Wildman–Crippen LogP) is 2.11. The first-order valence-corrected chi connectivity index (χ1v) is 8.34. The largest absolute Gasteiger partial charge is 0.332 e. The number of aromatic amines is 1. The predicted molar refractivity (Wildman–Crippen MR) is 87.2 cm³/mol. The van der Waals surface area contributed by atoms with Gasteiger partial charge in [0, 0.05) is 37.7 Å². The Hall–Kier alpha value is -1.11. The van der Waals surface area contributed by atoms with Crippen LogP contribution in [0.3, 0.4) is 0 Å². The minimum Gasteiger partial charge on any atom is -0.332 e. The van der Waals surface area contributed by atoms with Crippen molar-refractivity contribution in [2.24, 2.45) is 0 Å². The highest BCUT2D eigenvalue weighted by Gasteiger charge is 2.11. The van der Waals surface area contributed by atoms with Crippen LogP contribution in [0.5, 0.6) is 0 Å². The molecule has 2 heterocycles. The smallest absolute Gasteiger partial charge is 0.262 e. The van der Waals surface area contributed by atoms with E-state index >= 15 is 0 Å². The number of nitrogens with one attached hydrogen (secondary N) is 1. The number of H-pyrrole nitrogens is 1. The number of benzene rings is 1. The molecule has 20 heavy (non-hydrogen) atoms. The molecule has 0 bridgehead atoms. The average molecular weight is 307 g/mol. The lowest BCUT2D eigenvalue weighted by Crippen LogP contribution is -2.37. The topological polar surface area (TPSA) is 41.0 Å². The Morgan fingerprint density at radius 3 is 2.75 bits per heavy atom. The van der Waals surface area contributed by atoms with E-state index in [1.165, 1.54) is 11.5 Å². The second-order valence-corrected chi connectivity index (χ2v) is 6.50. The molecule has 1 aromatic heterocycles. The first-order valence-electron chi connectivity index (χ1n) is 6.78. The molecular weight excluding hydrogens is 290 g/mol. The summed E-state index contributed by atoms with van der Waals surface area (Å²) in [6, 6.07) is 7.52. The molecule has 106 valence electrons. The molecule has 0 spiro atoms. The molecule has 0 atom stereocenters. The third-order valence-electron chi connectivity index (χ3n) is 3.63. The van der Waals surface area contributed by atoms with Crippen molar-refractivity contribution in [3.63, 3.8) is 0 Å². The van der Waals surface area contributed by atoms with Gasteiger partial charge in [0.15, 0.2) is 4.77 Å². The third kappa shape index (κ3) is 2.82. The Bertz CT molecular complexity index is 716. The van der Waals surface area contributed by atoms with Crippen LogP contribution in [0.15, 0.2) is 29.1 Å². The normalized spacial score (nSPS) is 16.6. The zero-order chi connectivity index (χ0) is 13.9. The zero-order valence-electron chi connectivity index (χ0n) is 11.2. The van der Waals surface area contributed by atoms with E-state index < -0.39 is 0 Å². The highest BCUT2D eigenvalue weighted by molar-refractivity contribution is 7.99. The quantitative estimate of drug-likeness (QED) is 0.882. The van der Waals surface area contributed by atoms with Gasteiger partial charge in [0.05, 0.1) is 10.9 Å². The molecule has 0 saturated carbocycles. The van der Waals surface area contributed by atoms with Crippen LogP contribution in [0.1, 0.15) is 0 Å². The van der Waals surface area contributed by atoms with Gasteiger partial charge < -0.3 is 4.98 Å². The molecule has 3 rings (SSSR count). The highest BCUT2D eigenvalue weighted by atomic mass is 32.2. The maximum atomic E-state index is 12.5. The highest BCUT2D eigenvalue weighted by Crippen LogP contribution is 2.09. The minimum atomic E-state index is 0.00994. The van der Waals surface area contributed by atoms with Gasteiger partial charge in [-0.2, -0.15) is 11.8 Å². The first kappa shape index (κ1) is 13.9. The number of thioether (sulfide) groups is 1. The van der Waals surface area contributed by atoms with Gasteiger partial charge in [0.1, 0.15) is 0 Å². The molecule has 6 heteroatoms. The lowest BCUT2D eigenvalue weighted by atomic mass is 10.2. The van der Waals surface area contributed by atoms with Crippen molar-refractivity contribution in [2.45, 2.75) is 6.54 Å². The maximum Gasteiger partial charge on any atom is 0.262 e. The van der Waals surface area contributed by atoms with Gasteiger partial charge in [-0.1, -0.05) is 12.1 Å². The Morgan fingerprint density at radius 2 is 1.95 bits per heavy atom. The Labute approximate surface area is 126 Å². The van der Waals surface area contributed by atoms with E-state index in [9.17, 15) is 4.79 Å². The van der Waals surface area contributed by atoms with Gasteiger partial charge in [-0.05, 0) is 24.4 Å². The van der Waals surface area contributed by atoms with Crippen LogP contribution in [-0.2, 0) is 6.54 Å². The lowest BCUT2D eigenvalue weighted by Gasteiger charge is -2.26. The fourth-order valence-corrected chi connectivity index (χ4v) is 3.73. The molecule has 1 aromatic carbocycles. The van der Waals surface area contributed by atoms with Crippen LogP contribution >= 0.6 is 24.0 Å². The van der Waals surface area contributed by atoms with Crippen molar-refractivity contribution >= 4 is 34.9 Å². The van der Waals surface area contributed by atoms with E-state index in [-0.39, 0.29) is 5.56 Å². The van der Waals surface area contributed by atoms with Crippen molar-refractivity contribution in [1.82, 2.24) is 14.5 Å². The standard InChI is InChI=1S/C14H17N3OS2/c18-13-11-3-1-2-4-12(11)15-14(19)17(13)6-5-16-7-9-20-10-8-16/h1-4H,5-10H2,(H,15,19). The van der Waals surface area contributed by atoms with Crippen LogP contribution in [0.25, 0.3) is 10.9 Å². The first-order chi connectivity index (χ1) is 9.75. The van der Waals surface area contributed by atoms with Gasteiger partial charge in [-0.15, -0.1) is 0 Å². The SMILES string of the molecule is O=c1c2ccccc2[nH]c(=S)n1CCN1CCSCC1. The van der Waals surface area contributed by atoms with Crippen molar-refractivity contribution in [2.75, 3.05) is 31.1 Å². The molecule has 1 fully saturated rings. The molecule has 2 aromatic rings. The van der Waals surface area contributed by atoms with Crippen molar-refractivity contribution in [3.05, 3.63) is 39.4 Å². The summed E-state index contributed by atoms with van der Waals surface area (Å²) in [6.07, 6.45) is 0. The second-order valence-electron chi connectivity index (χ2n) is 4.89. The van der Waals surface area contributed by atoms with Crippen molar-refractivity contribution in [1.29, 1.82) is 0 Å². The summed E-state index contributed by atoms with van der Waals surface area (Å²) in [5.74, 6) is 2.36. The summed E-state index contributed by atoms with van der Waals surface area (Å²) >= 11 is 7.31. The number of fused-ring (bicyclic) bond motifs is 1. The zero-order valence-corrected chi connectivity index (χ0v) is 12.8. The second kappa shape index (κ2) is 6.11. The molecule has 0 amide bonds. The summed E-state index contributed by atoms with van der Waals surface area (Å²) in [7, 11) is 0. The van der Waals surface area contributed by atoms with Gasteiger partial charge in [-0.25, -0.2) is 0 Å². The third-order valence-corrected chi connectivity index (χ3v) is 4.90. The monoisotopic (exact) mass is 307 g/mol. The minimum absolute atomic E-state index is 0.00994. The number of nitrogens with zero attached hydrogens (tertiary/aromatic N) is 2.